The molecular formula is C7H13N3O2. The van der Waals surface area contributed by atoms with Gasteiger partial charge in [0, 0.05) is 6.04 Å². The summed E-state index contributed by atoms with van der Waals surface area (Å²) in [5.74, 6) is 0. The molecule has 0 saturated carbocycles. The van der Waals surface area contributed by atoms with Crippen molar-refractivity contribution in [3.63, 3.8) is 0 Å². The van der Waals surface area contributed by atoms with Crippen LogP contribution in [0.25, 0.3) is 0 Å². The number of H-pyrrole nitrogens is 1. The second-order valence-corrected chi connectivity index (χ2v) is 3.00. The van der Waals surface area contributed by atoms with Gasteiger partial charge in [-0.05, 0) is 20.3 Å². The van der Waals surface area contributed by atoms with E-state index in [0.717, 1.165) is 0 Å². The van der Waals surface area contributed by atoms with Crippen molar-refractivity contribution in [3.8, 4) is 0 Å². The Kier molecular flexibility index (Phi) is 2.65. The highest BCUT2D eigenvalue weighted by molar-refractivity contribution is 4.71. The van der Waals surface area contributed by atoms with E-state index in [4.69, 9.17) is 5.11 Å². The molecule has 5 nitrogen and oxygen atoms in total. The van der Waals surface area contributed by atoms with E-state index in [1.165, 1.54) is 10.9 Å². The smallest absolute Gasteiger partial charge is 0.343 e. The Morgan fingerprint density at radius 1 is 1.75 bits per heavy atom. The van der Waals surface area contributed by atoms with Crippen LogP contribution in [0.3, 0.4) is 0 Å². The molecule has 1 rings (SSSR count). The quantitative estimate of drug-likeness (QED) is 0.667. The first-order valence-electron chi connectivity index (χ1n) is 3.91. The molecule has 2 atom stereocenters. The third kappa shape index (κ3) is 1.94. The molecule has 68 valence electrons. The fourth-order valence-corrected chi connectivity index (χ4v) is 1.18. The first-order chi connectivity index (χ1) is 5.61. The summed E-state index contributed by atoms with van der Waals surface area (Å²) in [6, 6.07) is -0.0174. The molecule has 0 aliphatic heterocycles. The van der Waals surface area contributed by atoms with Crippen molar-refractivity contribution >= 4 is 0 Å². The van der Waals surface area contributed by atoms with E-state index in [1.807, 2.05) is 6.92 Å². The Bertz CT molecular complexity index is 289. The standard InChI is InChI=1S/C7H13N3O2/c1-5(3-6(2)11)10-4-8-9-7(10)12/h4-6,11H,3H2,1-2H3,(H,9,12). The Balaban J connectivity index is 2.71. The highest BCUT2D eigenvalue weighted by Crippen LogP contribution is 2.08. The van der Waals surface area contributed by atoms with Crippen LogP contribution in [-0.4, -0.2) is 26.0 Å². The lowest BCUT2D eigenvalue weighted by molar-refractivity contribution is 0.164. The van der Waals surface area contributed by atoms with Crippen LogP contribution in [0, 0.1) is 0 Å². The second-order valence-electron chi connectivity index (χ2n) is 3.00. The van der Waals surface area contributed by atoms with Crippen LogP contribution in [0.1, 0.15) is 26.3 Å². The molecule has 0 aromatic carbocycles. The molecule has 1 heterocycles. The van der Waals surface area contributed by atoms with Crippen LogP contribution >= 0.6 is 0 Å². The SMILES string of the molecule is CC(O)CC(C)n1cn[nH]c1=O. The molecule has 0 saturated heterocycles. The summed E-state index contributed by atoms with van der Waals surface area (Å²) < 4.78 is 1.46. The predicted octanol–water partition coefficient (Wildman–Crippen LogP) is -0.0967. The Morgan fingerprint density at radius 2 is 2.42 bits per heavy atom. The number of hydrogen-bond acceptors (Lipinski definition) is 3. The van der Waals surface area contributed by atoms with Gasteiger partial charge in [-0.1, -0.05) is 0 Å². The molecule has 0 aliphatic carbocycles. The lowest BCUT2D eigenvalue weighted by atomic mass is 10.1. The number of nitrogens with one attached hydrogen (secondary N) is 1. The summed E-state index contributed by atoms with van der Waals surface area (Å²) in [7, 11) is 0. The second kappa shape index (κ2) is 3.53. The van der Waals surface area contributed by atoms with Crippen molar-refractivity contribution in [1.82, 2.24) is 14.8 Å². The number of hydrogen-bond donors (Lipinski definition) is 2. The number of aromatic nitrogens is 3. The minimum atomic E-state index is -0.401. The molecular weight excluding hydrogens is 158 g/mol. The summed E-state index contributed by atoms with van der Waals surface area (Å²) in [4.78, 5) is 11.0. The maximum Gasteiger partial charge on any atom is 0.343 e. The van der Waals surface area contributed by atoms with E-state index in [0.29, 0.717) is 6.42 Å². The van der Waals surface area contributed by atoms with Gasteiger partial charge < -0.3 is 5.11 Å². The average molecular weight is 171 g/mol. The van der Waals surface area contributed by atoms with Crippen molar-refractivity contribution in [3.05, 3.63) is 16.8 Å². The van der Waals surface area contributed by atoms with E-state index in [1.54, 1.807) is 6.92 Å². The lowest BCUT2D eigenvalue weighted by Crippen LogP contribution is -2.22. The summed E-state index contributed by atoms with van der Waals surface area (Å²) in [5.41, 5.74) is -0.233. The molecule has 0 aliphatic rings. The molecule has 1 aromatic rings. The van der Waals surface area contributed by atoms with Gasteiger partial charge in [0.05, 0.1) is 6.10 Å². The maximum absolute atomic E-state index is 11.0. The lowest BCUT2D eigenvalue weighted by Gasteiger charge is -2.12. The fourth-order valence-electron chi connectivity index (χ4n) is 1.18. The number of nitrogens with zero attached hydrogens (tertiary/aromatic N) is 2. The molecule has 0 bridgehead atoms. The van der Waals surface area contributed by atoms with Gasteiger partial charge >= 0.3 is 5.69 Å². The maximum atomic E-state index is 11.0. The van der Waals surface area contributed by atoms with Crippen LogP contribution in [-0.2, 0) is 0 Å². The Hall–Kier alpha value is -1.10. The third-order valence-corrected chi connectivity index (χ3v) is 1.73. The Labute approximate surface area is 70.0 Å². The topological polar surface area (TPSA) is 70.9 Å². The molecule has 2 N–H and O–H groups in total. The van der Waals surface area contributed by atoms with Gasteiger partial charge in [-0.25, -0.2) is 9.89 Å². The van der Waals surface area contributed by atoms with Crippen LogP contribution in [0.2, 0.25) is 0 Å². The molecule has 2 unspecified atom stereocenters. The number of aliphatic hydroxyl groups is 1. The molecule has 0 amide bonds. The summed E-state index contributed by atoms with van der Waals surface area (Å²) in [6.45, 7) is 3.56. The molecule has 12 heavy (non-hydrogen) atoms. The number of aromatic amines is 1. The van der Waals surface area contributed by atoms with Crippen LogP contribution < -0.4 is 5.69 Å². The van der Waals surface area contributed by atoms with Crippen LogP contribution in [0.4, 0.5) is 0 Å². The van der Waals surface area contributed by atoms with E-state index in [2.05, 4.69) is 10.2 Å². The average Bonchev–Trinajstić information content (AvgIpc) is 2.33. The molecule has 0 fully saturated rings. The predicted molar refractivity (Wildman–Crippen MR) is 43.9 cm³/mol. The largest absolute Gasteiger partial charge is 0.393 e. The van der Waals surface area contributed by atoms with E-state index in [9.17, 15) is 4.79 Å². The zero-order valence-corrected chi connectivity index (χ0v) is 7.19. The van der Waals surface area contributed by atoms with Crippen molar-refractivity contribution in [2.75, 3.05) is 0 Å². The van der Waals surface area contributed by atoms with Crippen molar-refractivity contribution < 1.29 is 5.11 Å². The van der Waals surface area contributed by atoms with Gasteiger partial charge in [0.15, 0.2) is 0 Å². The molecule has 0 spiro atoms. The van der Waals surface area contributed by atoms with Gasteiger partial charge in [-0.2, -0.15) is 5.10 Å². The first-order valence-corrected chi connectivity index (χ1v) is 3.91. The van der Waals surface area contributed by atoms with Gasteiger partial charge in [-0.3, -0.25) is 4.57 Å². The van der Waals surface area contributed by atoms with Crippen molar-refractivity contribution in [2.45, 2.75) is 32.4 Å². The zero-order chi connectivity index (χ0) is 9.14. The van der Waals surface area contributed by atoms with Gasteiger partial charge in [0.2, 0.25) is 0 Å². The molecule has 0 radical (unpaired) electrons. The van der Waals surface area contributed by atoms with Gasteiger partial charge in [0.1, 0.15) is 6.33 Å². The third-order valence-electron chi connectivity index (χ3n) is 1.73. The highest BCUT2D eigenvalue weighted by atomic mass is 16.3. The van der Waals surface area contributed by atoms with Gasteiger partial charge in [0.25, 0.3) is 0 Å². The van der Waals surface area contributed by atoms with Crippen molar-refractivity contribution in [1.29, 1.82) is 0 Å². The van der Waals surface area contributed by atoms with Crippen LogP contribution in [0.5, 0.6) is 0 Å². The summed E-state index contributed by atoms with van der Waals surface area (Å²) in [6.07, 6.45) is 1.59. The highest BCUT2D eigenvalue weighted by Gasteiger charge is 2.09. The van der Waals surface area contributed by atoms with E-state index in [-0.39, 0.29) is 11.7 Å². The minimum absolute atomic E-state index is 0.0174. The van der Waals surface area contributed by atoms with E-state index < -0.39 is 6.10 Å². The molecule has 1 aromatic heterocycles. The molecule has 5 heteroatoms. The van der Waals surface area contributed by atoms with E-state index >= 15 is 0 Å². The Morgan fingerprint density at radius 3 is 2.83 bits per heavy atom. The monoisotopic (exact) mass is 171 g/mol. The van der Waals surface area contributed by atoms with Crippen LogP contribution in [0.15, 0.2) is 11.1 Å². The first kappa shape index (κ1) is 8.99. The fraction of sp³-hybridized carbons (Fsp3) is 0.714. The summed E-state index contributed by atoms with van der Waals surface area (Å²) >= 11 is 0. The van der Waals surface area contributed by atoms with Crippen molar-refractivity contribution in [2.24, 2.45) is 0 Å². The zero-order valence-electron chi connectivity index (χ0n) is 7.19. The van der Waals surface area contributed by atoms with Gasteiger partial charge in [-0.15, -0.1) is 0 Å². The normalized spacial score (nSPS) is 15.9. The number of rotatable bonds is 3. The minimum Gasteiger partial charge on any atom is -0.393 e. The summed E-state index contributed by atoms with van der Waals surface area (Å²) in [5, 5.41) is 15.0. The number of aliphatic hydroxyl groups excluding tert-OH is 1.